The Hall–Kier alpha value is -2.97. The molecule has 154 valence electrons. The van der Waals surface area contributed by atoms with Crippen LogP contribution in [0.2, 0.25) is 0 Å². The van der Waals surface area contributed by atoms with Gasteiger partial charge in [0.05, 0.1) is 18.8 Å². The highest BCUT2D eigenvalue weighted by Crippen LogP contribution is 2.26. The van der Waals surface area contributed by atoms with E-state index in [0.29, 0.717) is 24.6 Å². The number of hydrogen-bond donors (Lipinski definition) is 0. The van der Waals surface area contributed by atoms with E-state index in [4.69, 9.17) is 4.74 Å². The molecule has 4 rings (SSSR count). The van der Waals surface area contributed by atoms with Crippen LogP contribution in [0.15, 0.2) is 58.6 Å². The maximum absolute atomic E-state index is 12.5. The molecule has 0 radical (unpaired) electrons. The molecule has 0 saturated heterocycles. The first kappa shape index (κ1) is 20.3. The Kier molecular flexibility index (Phi) is 5.96. The summed E-state index contributed by atoms with van der Waals surface area (Å²) in [6.07, 6.45) is 1.74. The Labute approximate surface area is 178 Å². The SMILES string of the molecule is COCCn1c(SCc2cc(=O)n3cccc(C)c3n2)nnc1-c1cccc(C)c1. The number of fused-ring (bicyclic) bond motifs is 1. The zero-order chi connectivity index (χ0) is 21.1. The van der Waals surface area contributed by atoms with E-state index >= 15 is 0 Å². The third kappa shape index (κ3) is 4.15. The Morgan fingerprint density at radius 3 is 2.77 bits per heavy atom. The van der Waals surface area contributed by atoms with Gasteiger partial charge in [0, 0.05) is 30.7 Å². The van der Waals surface area contributed by atoms with Crippen LogP contribution >= 0.6 is 11.8 Å². The Balaban J connectivity index is 1.64. The number of hydrogen-bond acceptors (Lipinski definition) is 6. The molecule has 8 heteroatoms. The minimum absolute atomic E-state index is 0.0828. The molecular weight excluding hydrogens is 398 g/mol. The molecule has 0 aliphatic carbocycles. The average molecular weight is 422 g/mol. The van der Waals surface area contributed by atoms with Crippen molar-refractivity contribution in [2.75, 3.05) is 13.7 Å². The Morgan fingerprint density at radius 2 is 1.97 bits per heavy atom. The standard InChI is InChI=1S/C22H23N5O2S/c1-15-6-4-8-17(12-15)21-24-25-22(27(21)10-11-29-3)30-14-18-13-19(28)26-9-5-7-16(2)20(26)23-18/h4-9,12-13H,10-11,14H2,1-3H3. The second kappa shape index (κ2) is 8.81. The number of benzene rings is 1. The molecule has 0 amide bonds. The highest BCUT2D eigenvalue weighted by molar-refractivity contribution is 7.98. The second-order valence-electron chi connectivity index (χ2n) is 7.08. The first-order valence-electron chi connectivity index (χ1n) is 9.66. The molecule has 0 atom stereocenters. The summed E-state index contributed by atoms with van der Waals surface area (Å²) in [7, 11) is 1.68. The molecule has 0 aliphatic rings. The van der Waals surface area contributed by atoms with Crippen molar-refractivity contribution < 1.29 is 4.74 Å². The van der Waals surface area contributed by atoms with Crippen LogP contribution in [-0.2, 0) is 17.0 Å². The van der Waals surface area contributed by atoms with Crippen molar-refractivity contribution in [3.63, 3.8) is 0 Å². The molecule has 30 heavy (non-hydrogen) atoms. The van der Waals surface area contributed by atoms with Gasteiger partial charge in [0.2, 0.25) is 0 Å². The minimum atomic E-state index is -0.0828. The minimum Gasteiger partial charge on any atom is -0.383 e. The van der Waals surface area contributed by atoms with E-state index in [1.54, 1.807) is 23.8 Å². The first-order valence-corrected chi connectivity index (χ1v) is 10.7. The molecule has 0 fully saturated rings. The number of rotatable bonds is 7. The van der Waals surface area contributed by atoms with Crippen molar-refractivity contribution in [2.45, 2.75) is 31.3 Å². The number of aromatic nitrogens is 5. The van der Waals surface area contributed by atoms with Gasteiger partial charge >= 0.3 is 0 Å². The molecule has 7 nitrogen and oxygen atoms in total. The Morgan fingerprint density at radius 1 is 1.10 bits per heavy atom. The quantitative estimate of drug-likeness (QED) is 0.425. The van der Waals surface area contributed by atoms with Gasteiger partial charge in [0.1, 0.15) is 5.65 Å². The van der Waals surface area contributed by atoms with Crippen molar-refractivity contribution in [2.24, 2.45) is 0 Å². The van der Waals surface area contributed by atoms with E-state index in [1.807, 2.05) is 31.2 Å². The summed E-state index contributed by atoms with van der Waals surface area (Å²) in [6, 6.07) is 13.6. The third-order valence-electron chi connectivity index (χ3n) is 4.80. The highest BCUT2D eigenvalue weighted by Gasteiger charge is 2.15. The van der Waals surface area contributed by atoms with Gasteiger partial charge in [0.15, 0.2) is 11.0 Å². The van der Waals surface area contributed by atoms with Gasteiger partial charge in [-0.25, -0.2) is 4.98 Å². The van der Waals surface area contributed by atoms with Crippen LogP contribution in [0.25, 0.3) is 17.0 Å². The van der Waals surface area contributed by atoms with Gasteiger partial charge in [-0.3, -0.25) is 13.8 Å². The van der Waals surface area contributed by atoms with E-state index in [0.717, 1.165) is 27.8 Å². The lowest BCUT2D eigenvalue weighted by atomic mass is 10.1. The zero-order valence-corrected chi connectivity index (χ0v) is 18.0. The predicted octanol–water partition coefficient (Wildman–Crippen LogP) is 3.51. The number of ether oxygens (including phenoxy) is 1. The molecule has 0 unspecified atom stereocenters. The summed E-state index contributed by atoms with van der Waals surface area (Å²) in [5, 5.41) is 9.60. The van der Waals surface area contributed by atoms with Crippen molar-refractivity contribution in [3.8, 4) is 11.4 Å². The molecule has 0 N–H and O–H groups in total. The molecule has 1 aromatic carbocycles. The van der Waals surface area contributed by atoms with Crippen LogP contribution in [0, 0.1) is 13.8 Å². The number of pyridine rings is 1. The van der Waals surface area contributed by atoms with Gasteiger partial charge in [-0.2, -0.15) is 0 Å². The lowest BCUT2D eigenvalue weighted by Crippen LogP contribution is -2.15. The second-order valence-corrected chi connectivity index (χ2v) is 8.02. The van der Waals surface area contributed by atoms with Crippen LogP contribution in [0.3, 0.4) is 0 Å². The molecular formula is C22H23N5O2S. The summed E-state index contributed by atoms with van der Waals surface area (Å²) in [6.45, 7) is 5.20. The van der Waals surface area contributed by atoms with Gasteiger partial charge < -0.3 is 4.74 Å². The predicted molar refractivity (Wildman–Crippen MR) is 118 cm³/mol. The maximum Gasteiger partial charge on any atom is 0.258 e. The van der Waals surface area contributed by atoms with Gasteiger partial charge in [-0.1, -0.05) is 41.6 Å². The van der Waals surface area contributed by atoms with Crippen LogP contribution < -0.4 is 5.56 Å². The fourth-order valence-corrected chi connectivity index (χ4v) is 4.16. The van der Waals surface area contributed by atoms with E-state index in [1.165, 1.54) is 17.3 Å². The Bertz CT molecular complexity index is 1250. The summed E-state index contributed by atoms with van der Waals surface area (Å²) >= 11 is 1.52. The number of aryl methyl sites for hydroxylation is 2. The normalized spacial score (nSPS) is 11.3. The topological polar surface area (TPSA) is 74.3 Å². The smallest absolute Gasteiger partial charge is 0.258 e. The number of nitrogens with zero attached hydrogens (tertiary/aromatic N) is 5. The summed E-state index contributed by atoms with van der Waals surface area (Å²) < 4.78 is 8.91. The molecule has 0 spiro atoms. The van der Waals surface area contributed by atoms with Gasteiger partial charge in [-0.05, 0) is 31.5 Å². The molecule has 3 heterocycles. The van der Waals surface area contributed by atoms with Gasteiger partial charge in [-0.15, -0.1) is 10.2 Å². The average Bonchev–Trinajstić information content (AvgIpc) is 3.14. The van der Waals surface area contributed by atoms with Crippen molar-refractivity contribution >= 4 is 17.4 Å². The van der Waals surface area contributed by atoms with E-state index in [9.17, 15) is 4.79 Å². The molecule has 0 aliphatic heterocycles. The largest absolute Gasteiger partial charge is 0.383 e. The lowest BCUT2D eigenvalue weighted by Gasteiger charge is -2.10. The van der Waals surface area contributed by atoms with Crippen LogP contribution in [0.4, 0.5) is 0 Å². The van der Waals surface area contributed by atoms with Gasteiger partial charge in [0.25, 0.3) is 5.56 Å². The maximum atomic E-state index is 12.5. The van der Waals surface area contributed by atoms with Crippen molar-refractivity contribution in [1.82, 2.24) is 24.1 Å². The number of thioether (sulfide) groups is 1. The summed E-state index contributed by atoms with van der Waals surface area (Å²) in [4.78, 5) is 17.1. The first-order chi connectivity index (χ1) is 14.6. The third-order valence-corrected chi connectivity index (χ3v) is 5.80. The molecule has 0 saturated carbocycles. The van der Waals surface area contributed by atoms with Crippen molar-refractivity contribution in [1.29, 1.82) is 0 Å². The van der Waals surface area contributed by atoms with E-state index in [2.05, 4.69) is 38.8 Å². The van der Waals surface area contributed by atoms with Crippen LogP contribution in [0.1, 0.15) is 16.8 Å². The monoisotopic (exact) mass is 421 g/mol. The molecule has 4 aromatic rings. The fraction of sp³-hybridized carbons (Fsp3) is 0.273. The fourth-order valence-electron chi connectivity index (χ4n) is 3.30. The van der Waals surface area contributed by atoms with E-state index < -0.39 is 0 Å². The zero-order valence-electron chi connectivity index (χ0n) is 17.2. The number of methoxy groups -OCH3 is 1. The highest BCUT2D eigenvalue weighted by atomic mass is 32.2. The summed E-state index contributed by atoms with van der Waals surface area (Å²) in [5.74, 6) is 1.33. The van der Waals surface area contributed by atoms with Crippen molar-refractivity contribution in [3.05, 3.63) is 75.8 Å². The van der Waals surface area contributed by atoms with Crippen LogP contribution in [-0.4, -0.2) is 37.9 Å². The van der Waals surface area contributed by atoms with Crippen LogP contribution in [0.5, 0.6) is 0 Å². The summed E-state index contributed by atoms with van der Waals surface area (Å²) in [5.41, 5.74) is 4.47. The molecule has 3 aromatic heterocycles. The lowest BCUT2D eigenvalue weighted by molar-refractivity contribution is 0.185. The molecule has 0 bridgehead atoms. The van der Waals surface area contributed by atoms with E-state index in [-0.39, 0.29) is 5.56 Å².